The van der Waals surface area contributed by atoms with Gasteiger partial charge in [-0.3, -0.25) is 14.6 Å². The van der Waals surface area contributed by atoms with Crippen molar-refractivity contribution in [1.82, 2.24) is 19.5 Å². The topological polar surface area (TPSA) is 110 Å². The van der Waals surface area contributed by atoms with Gasteiger partial charge >= 0.3 is 11.7 Å². The van der Waals surface area contributed by atoms with E-state index in [-0.39, 0.29) is 11.7 Å². The van der Waals surface area contributed by atoms with Gasteiger partial charge < -0.3 is 14.2 Å². The van der Waals surface area contributed by atoms with Crippen molar-refractivity contribution in [1.29, 1.82) is 0 Å². The molecule has 2 aliphatic rings. The van der Waals surface area contributed by atoms with Crippen LogP contribution in [-0.2, 0) is 16.1 Å². The molecule has 0 bridgehead atoms. The number of nitrogens with one attached hydrogen (secondary N) is 1. The fourth-order valence-corrected chi connectivity index (χ4v) is 4.16. The van der Waals surface area contributed by atoms with Crippen LogP contribution in [-0.4, -0.2) is 50.6 Å². The van der Waals surface area contributed by atoms with E-state index in [1.165, 1.54) is 0 Å². The number of ether oxygens (including phenoxy) is 1. The molecule has 0 amide bonds. The maximum Gasteiger partial charge on any atom is 0.349 e. The molecule has 1 aromatic rings. The van der Waals surface area contributed by atoms with Crippen molar-refractivity contribution in [3.8, 4) is 11.5 Å². The highest BCUT2D eigenvalue weighted by atomic mass is 127. The fourth-order valence-electron chi connectivity index (χ4n) is 3.85. The van der Waals surface area contributed by atoms with Crippen molar-refractivity contribution in [2.45, 2.75) is 52.0 Å². The number of aromatic amines is 1. The van der Waals surface area contributed by atoms with Gasteiger partial charge in [-0.05, 0) is 43.9 Å². The average molecular weight is 567 g/mol. The number of anilines is 1. The largest absolute Gasteiger partial charge is 0.466 e. The Hall–Kier alpha value is -2.50. The number of nitrogens with zero attached hydrogens (tertiary/aromatic N) is 4. The van der Waals surface area contributed by atoms with Crippen molar-refractivity contribution in [2.75, 3.05) is 30.0 Å². The number of fused-ring (bicyclic) bond motifs is 2. The summed E-state index contributed by atoms with van der Waals surface area (Å²) < 4.78 is 8.08. The summed E-state index contributed by atoms with van der Waals surface area (Å²) in [6.45, 7) is 3.07. The second-order valence-electron chi connectivity index (χ2n) is 8.26. The number of aromatic nitrogens is 4. The Bertz CT molecular complexity index is 1200. The lowest BCUT2D eigenvalue weighted by atomic mass is 10.1. The Balaban J connectivity index is 1.78. The molecular formula is C23H30IN5O4. The van der Waals surface area contributed by atoms with Crippen LogP contribution in [0.3, 0.4) is 0 Å². The predicted octanol–water partition coefficient (Wildman–Crippen LogP) is 3.28. The molecule has 0 aliphatic carbocycles. The highest BCUT2D eigenvalue weighted by Gasteiger charge is 2.19. The van der Waals surface area contributed by atoms with E-state index in [1.54, 1.807) is 0 Å². The van der Waals surface area contributed by atoms with E-state index < -0.39 is 11.2 Å². The van der Waals surface area contributed by atoms with Gasteiger partial charge in [-0.2, -0.15) is 4.98 Å². The molecule has 0 aromatic heterocycles. The van der Waals surface area contributed by atoms with Crippen molar-refractivity contribution in [3.63, 3.8) is 0 Å². The summed E-state index contributed by atoms with van der Waals surface area (Å²) in [5.41, 5.74) is 2.54. The maximum absolute atomic E-state index is 12.4. The molecule has 33 heavy (non-hydrogen) atoms. The number of esters is 1. The van der Waals surface area contributed by atoms with Crippen LogP contribution in [0.25, 0.3) is 22.6 Å². The molecule has 10 heteroatoms. The molecule has 1 aromatic carbocycles. The number of rotatable bonds is 11. The monoisotopic (exact) mass is 567 g/mol. The number of hydrogen-bond acceptors (Lipinski definition) is 7. The molecule has 3 rings (SSSR count). The van der Waals surface area contributed by atoms with Gasteiger partial charge in [0.15, 0.2) is 11.5 Å². The lowest BCUT2D eigenvalue weighted by Gasteiger charge is -2.21. The normalized spacial score (nSPS) is 11.3. The van der Waals surface area contributed by atoms with E-state index >= 15 is 0 Å². The molecule has 9 nitrogen and oxygen atoms in total. The lowest BCUT2D eigenvalue weighted by Crippen LogP contribution is -2.29. The number of carbonyl (C=O) groups is 1. The number of benzene rings is 1. The number of hydrogen-bond donors (Lipinski definition) is 1. The summed E-state index contributed by atoms with van der Waals surface area (Å²) in [7, 11) is 3.94. The van der Waals surface area contributed by atoms with Gasteiger partial charge in [0.2, 0.25) is 0 Å². The van der Waals surface area contributed by atoms with E-state index in [0.29, 0.717) is 30.9 Å². The number of H-pyrrole nitrogens is 1. The molecule has 0 atom stereocenters. The number of carbonyl (C=O) groups excluding carboxylic acids is 1. The quantitative estimate of drug-likeness (QED) is 0.125. The zero-order valence-electron chi connectivity index (χ0n) is 19.3. The van der Waals surface area contributed by atoms with E-state index in [0.717, 1.165) is 53.3 Å². The molecule has 2 heterocycles. The SMILES string of the molecule is Cc1cc2nc3c(=O)[nH]c(=O)nc-3n(CCCCCCC(=O)OCCCI)c2cc1N(C)C. The molecule has 178 valence electrons. The summed E-state index contributed by atoms with van der Waals surface area (Å²) in [4.78, 5) is 48.9. The third kappa shape index (κ3) is 6.30. The molecule has 1 N–H and O–H groups in total. The van der Waals surface area contributed by atoms with E-state index in [9.17, 15) is 14.4 Å². The molecular weight excluding hydrogens is 537 g/mol. The van der Waals surface area contributed by atoms with Crippen LogP contribution in [0.1, 0.15) is 44.1 Å². The van der Waals surface area contributed by atoms with Crippen LogP contribution in [0.5, 0.6) is 0 Å². The van der Waals surface area contributed by atoms with Crippen LogP contribution >= 0.6 is 22.6 Å². The summed E-state index contributed by atoms with van der Waals surface area (Å²) >= 11 is 2.26. The average Bonchev–Trinajstić information content (AvgIpc) is 2.75. The van der Waals surface area contributed by atoms with Crippen molar-refractivity contribution in [2.24, 2.45) is 0 Å². The molecule has 0 saturated carbocycles. The fraction of sp³-hybridized carbons (Fsp3) is 0.522. The smallest absolute Gasteiger partial charge is 0.349 e. The number of unbranched alkanes of at least 4 members (excludes halogenated alkanes) is 3. The maximum atomic E-state index is 12.4. The Morgan fingerprint density at radius 1 is 1.12 bits per heavy atom. The Morgan fingerprint density at radius 2 is 1.88 bits per heavy atom. The molecule has 2 aliphatic heterocycles. The van der Waals surface area contributed by atoms with Gasteiger partial charge in [0.05, 0.1) is 17.6 Å². The van der Waals surface area contributed by atoms with Gasteiger partial charge in [-0.25, -0.2) is 9.78 Å². The van der Waals surface area contributed by atoms with Crippen molar-refractivity contribution >= 4 is 45.3 Å². The molecule has 0 spiro atoms. The molecule has 0 saturated heterocycles. The van der Waals surface area contributed by atoms with Crippen LogP contribution in [0.15, 0.2) is 21.7 Å². The first-order chi connectivity index (χ1) is 15.8. The molecule has 0 fully saturated rings. The summed E-state index contributed by atoms with van der Waals surface area (Å²) in [5, 5.41) is 0. The second-order valence-corrected chi connectivity index (χ2v) is 9.33. The van der Waals surface area contributed by atoms with E-state index in [1.807, 2.05) is 42.6 Å². The van der Waals surface area contributed by atoms with Crippen LogP contribution in [0, 0.1) is 6.92 Å². The van der Waals surface area contributed by atoms with Crippen molar-refractivity contribution < 1.29 is 9.53 Å². The van der Waals surface area contributed by atoms with Gasteiger partial charge in [-0.1, -0.05) is 35.4 Å². The summed E-state index contributed by atoms with van der Waals surface area (Å²) in [6.07, 6.45) is 4.70. The van der Waals surface area contributed by atoms with Gasteiger partial charge in [0, 0.05) is 37.2 Å². The zero-order chi connectivity index (χ0) is 24.0. The first-order valence-electron chi connectivity index (χ1n) is 11.2. The van der Waals surface area contributed by atoms with Crippen molar-refractivity contribution in [3.05, 3.63) is 38.5 Å². The second kappa shape index (κ2) is 11.6. The van der Waals surface area contributed by atoms with Crippen LogP contribution in [0.2, 0.25) is 0 Å². The molecule has 0 radical (unpaired) electrons. The Morgan fingerprint density at radius 3 is 2.61 bits per heavy atom. The minimum absolute atomic E-state index is 0.140. The Labute approximate surface area is 206 Å². The molecule has 0 unspecified atom stereocenters. The third-order valence-electron chi connectivity index (χ3n) is 5.46. The standard InChI is InChI=1S/C23H30IN5O4/c1-15-13-16-18(14-17(15)28(2)3)29(21-20(25-16)22(31)27-23(32)26-21)11-7-5-4-6-9-19(30)33-12-8-10-24/h13-14H,4-12H2,1-3H3,(H,27,31,32). The zero-order valence-corrected chi connectivity index (χ0v) is 21.5. The summed E-state index contributed by atoms with van der Waals surface area (Å²) in [6, 6.07) is 3.98. The van der Waals surface area contributed by atoms with Crippen LogP contribution in [0.4, 0.5) is 5.69 Å². The minimum Gasteiger partial charge on any atom is -0.466 e. The summed E-state index contributed by atoms with van der Waals surface area (Å²) in [5.74, 6) is 0.155. The van der Waals surface area contributed by atoms with Gasteiger partial charge in [-0.15, -0.1) is 0 Å². The Kier molecular flexibility index (Phi) is 8.81. The van der Waals surface area contributed by atoms with E-state index in [2.05, 4.69) is 37.5 Å². The first-order valence-corrected chi connectivity index (χ1v) is 12.7. The van der Waals surface area contributed by atoms with E-state index in [4.69, 9.17) is 4.74 Å². The lowest BCUT2D eigenvalue weighted by molar-refractivity contribution is -0.143. The third-order valence-corrected chi connectivity index (χ3v) is 6.22. The minimum atomic E-state index is -0.677. The highest BCUT2D eigenvalue weighted by molar-refractivity contribution is 14.1. The predicted molar refractivity (Wildman–Crippen MR) is 138 cm³/mol. The number of aryl methyl sites for hydroxylation is 2. The van der Waals surface area contributed by atoms with Crippen LogP contribution < -0.4 is 16.1 Å². The first kappa shape index (κ1) is 25.1. The number of halogens is 1. The van der Waals surface area contributed by atoms with Gasteiger partial charge in [0.1, 0.15) is 0 Å². The highest BCUT2D eigenvalue weighted by Crippen LogP contribution is 2.28. The van der Waals surface area contributed by atoms with Gasteiger partial charge in [0.25, 0.3) is 5.56 Å². The number of alkyl halides is 1.